The van der Waals surface area contributed by atoms with Crippen LogP contribution in [0.5, 0.6) is 0 Å². The zero-order valence-electron chi connectivity index (χ0n) is 19.0. The maximum atomic E-state index is 13.6. The SMILES string of the molecule is CCN(CC)CCN1C(=O)c2oc3cc(C)c(C)cc3c(=O)c2[C@H]1c1ccc(C)cc1. The first-order chi connectivity index (χ1) is 14.8. The van der Waals surface area contributed by atoms with Crippen LogP contribution in [0.2, 0.25) is 0 Å². The van der Waals surface area contributed by atoms with Crippen molar-refractivity contribution < 1.29 is 9.21 Å². The molecule has 0 bridgehead atoms. The van der Waals surface area contributed by atoms with E-state index in [9.17, 15) is 9.59 Å². The maximum absolute atomic E-state index is 13.6. The summed E-state index contributed by atoms with van der Waals surface area (Å²) in [5.74, 6) is -0.0177. The predicted molar refractivity (Wildman–Crippen MR) is 124 cm³/mol. The van der Waals surface area contributed by atoms with Crippen molar-refractivity contribution in [3.63, 3.8) is 0 Å². The molecule has 2 aromatic carbocycles. The van der Waals surface area contributed by atoms with Crippen molar-refractivity contribution in [2.24, 2.45) is 0 Å². The average Bonchev–Trinajstić information content (AvgIpc) is 3.03. The predicted octanol–water partition coefficient (Wildman–Crippen LogP) is 4.61. The number of fused-ring (bicyclic) bond motifs is 2. The number of carbonyl (C=O) groups excluding carboxylic acids is 1. The largest absolute Gasteiger partial charge is 0.450 e. The number of benzene rings is 2. The molecule has 5 heteroatoms. The van der Waals surface area contributed by atoms with Crippen LogP contribution in [-0.4, -0.2) is 41.9 Å². The Labute approximate surface area is 183 Å². The number of amides is 1. The molecule has 0 aliphatic carbocycles. The van der Waals surface area contributed by atoms with Crippen molar-refractivity contribution >= 4 is 16.9 Å². The quantitative estimate of drug-likeness (QED) is 0.587. The lowest BCUT2D eigenvalue weighted by Gasteiger charge is -2.28. The number of rotatable bonds is 6. The highest BCUT2D eigenvalue weighted by atomic mass is 16.3. The van der Waals surface area contributed by atoms with Gasteiger partial charge in [-0.3, -0.25) is 9.59 Å². The molecule has 2 heterocycles. The minimum atomic E-state index is -0.430. The highest BCUT2D eigenvalue weighted by molar-refractivity contribution is 5.99. The number of nitrogens with zero attached hydrogens (tertiary/aromatic N) is 2. The van der Waals surface area contributed by atoms with Crippen LogP contribution in [0.25, 0.3) is 11.0 Å². The molecule has 1 amide bonds. The Balaban J connectivity index is 1.89. The Kier molecular flexibility index (Phi) is 5.71. The lowest BCUT2D eigenvalue weighted by Crippen LogP contribution is -2.37. The van der Waals surface area contributed by atoms with Gasteiger partial charge in [-0.05, 0) is 62.7 Å². The van der Waals surface area contributed by atoms with E-state index >= 15 is 0 Å². The molecule has 1 aromatic heterocycles. The van der Waals surface area contributed by atoms with Gasteiger partial charge in [0.2, 0.25) is 5.76 Å². The first kappa shape index (κ1) is 21.3. The minimum Gasteiger partial charge on any atom is -0.450 e. The molecule has 0 fully saturated rings. The molecule has 0 saturated carbocycles. The van der Waals surface area contributed by atoms with Crippen molar-refractivity contribution in [3.8, 4) is 0 Å². The second-order valence-electron chi connectivity index (χ2n) is 8.45. The monoisotopic (exact) mass is 418 g/mol. The maximum Gasteiger partial charge on any atom is 0.290 e. The Bertz CT molecular complexity index is 1190. The smallest absolute Gasteiger partial charge is 0.290 e. The van der Waals surface area contributed by atoms with Crippen LogP contribution in [0.4, 0.5) is 0 Å². The molecule has 162 valence electrons. The van der Waals surface area contributed by atoms with Gasteiger partial charge in [0.05, 0.1) is 17.0 Å². The molecule has 1 atom stereocenters. The molecule has 1 aliphatic heterocycles. The third-order valence-electron chi connectivity index (χ3n) is 6.53. The van der Waals surface area contributed by atoms with E-state index in [-0.39, 0.29) is 17.1 Å². The van der Waals surface area contributed by atoms with E-state index in [1.807, 2.05) is 57.2 Å². The molecule has 31 heavy (non-hydrogen) atoms. The van der Waals surface area contributed by atoms with Crippen LogP contribution in [0, 0.1) is 20.8 Å². The van der Waals surface area contributed by atoms with E-state index in [1.54, 1.807) is 4.90 Å². The summed E-state index contributed by atoms with van der Waals surface area (Å²) in [6.07, 6.45) is 0. The van der Waals surface area contributed by atoms with Crippen LogP contribution in [-0.2, 0) is 0 Å². The van der Waals surface area contributed by atoms with Crippen molar-refractivity contribution in [1.82, 2.24) is 9.80 Å². The van der Waals surface area contributed by atoms with E-state index < -0.39 is 6.04 Å². The minimum absolute atomic E-state index is 0.108. The number of aryl methyl sites for hydroxylation is 3. The second-order valence-corrected chi connectivity index (χ2v) is 8.45. The van der Waals surface area contributed by atoms with Crippen molar-refractivity contribution in [2.45, 2.75) is 40.7 Å². The molecular formula is C26H30N2O3. The summed E-state index contributed by atoms with van der Waals surface area (Å²) in [5, 5.41) is 0.539. The summed E-state index contributed by atoms with van der Waals surface area (Å²) in [7, 11) is 0. The molecule has 3 aromatic rings. The summed E-state index contributed by atoms with van der Waals surface area (Å²) in [4.78, 5) is 31.2. The van der Waals surface area contributed by atoms with Crippen LogP contribution < -0.4 is 5.43 Å². The van der Waals surface area contributed by atoms with Gasteiger partial charge in [-0.2, -0.15) is 0 Å². The first-order valence-corrected chi connectivity index (χ1v) is 11.0. The van der Waals surface area contributed by atoms with E-state index in [0.29, 0.717) is 23.1 Å². The zero-order valence-corrected chi connectivity index (χ0v) is 19.0. The van der Waals surface area contributed by atoms with Gasteiger partial charge in [0.15, 0.2) is 5.43 Å². The standard InChI is InChI=1S/C26H30N2O3/c1-6-27(7-2)12-13-28-23(19-10-8-16(3)9-11-19)22-24(29)20-14-17(4)18(5)15-21(20)31-25(22)26(28)30/h8-11,14-15,23H,6-7,12-13H2,1-5H3/t23-/m1/s1. The molecule has 0 radical (unpaired) electrons. The number of likely N-dealkylation sites (N-methyl/N-ethyl adjacent to an activating group) is 1. The van der Waals surface area contributed by atoms with Crippen molar-refractivity contribution in [1.29, 1.82) is 0 Å². The van der Waals surface area contributed by atoms with E-state index in [0.717, 1.165) is 41.9 Å². The fraction of sp³-hybridized carbons (Fsp3) is 0.385. The van der Waals surface area contributed by atoms with Gasteiger partial charge >= 0.3 is 0 Å². The number of carbonyl (C=O) groups is 1. The third kappa shape index (κ3) is 3.68. The van der Waals surface area contributed by atoms with Crippen LogP contribution in [0.1, 0.15) is 58.3 Å². The van der Waals surface area contributed by atoms with Gasteiger partial charge in [-0.25, -0.2) is 0 Å². The molecule has 0 spiro atoms. The highest BCUT2D eigenvalue weighted by Gasteiger charge is 2.42. The van der Waals surface area contributed by atoms with Crippen LogP contribution in [0.15, 0.2) is 45.6 Å². The fourth-order valence-corrected chi connectivity index (χ4v) is 4.39. The summed E-state index contributed by atoms with van der Waals surface area (Å²) in [6.45, 7) is 13.4. The summed E-state index contributed by atoms with van der Waals surface area (Å²) in [5.41, 5.74) is 4.98. The molecular weight excluding hydrogens is 388 g/mol. The topological polar surface area (TPSA) is 53.8 Å². The average molecular weight is 419 g/mol. The van der Waals surface area contributed by atoms with E-state index in [2.05, 4.69) is 18.7 Å². The Morgan fingerprint density at radius 3 is 2.26 bits per heavy atom. The lowest BCUT2D eigenvalue weighted by atomic mass is 9.97. The normalized spacial score (nSPS) is 15.9. The first-order valence-electron chi connectivity index (χ1n) is 11.0. The number of hydrogen-bond donors (Lipinski definition) is 0. The van der Waals surface area contributed by atoms with E-state index in [1.165, 1.54) is 0 Å². The van der Waals surface area contributed by atoms with Crippen LogP contribution in [0.3, 0.4) is 0 Å². The van der Waals surface area contributed by atoms with Gasteiger partial charge in [0.25, 0.3) is 5.91 Å². The van der Waals surface area contributed by atoms with Crippen molar-refractivity contribution in [3.05, 3.63) is 80.2 Å². The fourth-order valence-electron chi connectivity index (χ4n) is 4.39. The van der Waals surface area contributed by atoms with Gasteiger partial charge in [0, 0.05) is 13.1 Å². The third-order valence-corrected chi connectivity index (χ3v) is 6.53. The van der Waals surface area contributed by atoms with Gasteiger partial charge in [0.1, 0.15) is 5.58 Å². The Hall–Kier alpha value is -2.92. The molecule has 4 rings (SSSR count). The Morgan fingerprint density at radius 1 is 0.968 bits per heavy atom. The molecule has 5 nitrogen and oxygen atoms in total. The van der Waals surface area contributed by atoms with Gasteiger partial charge < -0.3 is 14.2 Å². The van der Waals surface area contributed by atoms with Gasteiger partial charge in [-0.15, -0.1) is 0 Å². The summed E-state index contributed by atoms with van der Waals surface area (Å²) >= 11 is 0. The van der Waals surface area contributed by atoms with Crippen molar-refractivity contribution in [2.75, 3.05) is 26.2 Å². The number of hydrogen-bond acceptors (Lipinski definition) is 4. The zero-order chi connectivity index (χ0) is 22.3. The highest BCUT2D eigenvalue weighted by Crippen LogP contribution is 2.38. The molecule has 1 aliphatic rings. The summed E-state index contributed by atoms with van der Waals surface area (Å²) in [6, 6.07) is 11.4. The lowest BCUT2D eigenvalue weighted by molar-refractivity contribution is 0.0708. The molecule has 0 N–H and O–H groups in total. The molecule has 0 unspecified atom stereocenters. The van der Waals surface area contributed by atoms with Gasteiger partial charge in [-0.1, -0.05) is 43.7 Å². The second kappa shape index (κ2) is 8.31. The molecule has 0 saturated heterocycles. The Morgan fingerprint density at radius 2 is 1.61 bits per heavy atom. The summed E-state index contributed by atoms with van der Waals surface area (Å²) < 4.78 is 6.09. The van der Waals surface area contributed by atoms with Crippen LogP contribution >= 0.6 is 0 Å². The van der Waals surface area contributed by atoms with E-state index in [4.69, 9.17) is 4.42 Å².